The van der Waals surface area contributed by atoms with E-state index >= 15 is 0 Å². The molecule has 11 heavy (non-hydrogen) atoms. The fourth-order valence-electron chi connectivity index (χ4n) is 1.16. The highest BCUT2D eigenvalue weighted by molar-refractivity contribution is 7.99. The maximum absolute atomic E-state index is 11.7. The molecule has 0 radical (unpaired) electrons. The van der Waals surface area contributed by atoms with E-state index in [1.165, 1.54) is 5.75 Å². The third kappa shape index (κ3) is 3.91. The van der Waals surface area contributed by atoms with Crippen molar-refractivity contribution >= 4 is 11.8 Å². The van der Waals surface area contributed by atoms with Gasteiger partial charge in [-0.05, 0) is 18.6 Å². The summed E-state index contributed by atoms with van der Waals surface area (Å²) in [6.45, 7) is -0.148. The van der Waals surface area contributed by atoms with Crippen LogP contribution in [0.5, 0.6) is 0 Å². The zero-order valence-corrected chi connectivity index (χ0v) is 7.17. The number of hydrogen-bond acceptors (Lipinski definition) is 2. The number of rotatable bonds is 3. The molecule has 1 rings (SSSR count). The first-order chi connectivity index (χ1) is 5.29. The highest BCUT2D eigenvalue weighted by Crippen LogP contribution is 2.16. The summed E-state index contributed by atoms with van der Waals surface area (Å²) < 4.78 is 23.4. The van der Waals surface area contributed by atoms with Gasteiger partial charge in [-0.25, -0.2) is 8.78 Å². The summed E-state index contributed by atoms with van der Waals surface area (Å²) in [4.78, 5) is 0. The van der Waals surface area contributed by atoms with Gasteiger partial charge in [0, 0.05) is 11.8 Å². The molecule has 1 aliphatic rings. The summed E-state index contributed by atoms with van der Waals surface area (Å²) in [7, 11) is 0. The van der Waals surface area contributed by atoms with Crippen LogP contribution in [0.4, 0.5) is 8.78 Å². The predicted molar refractivity (Wildman–Crippen MR) is 44.4 cm³/mol. The zero-order valence-electron chi connectivity index (χ0n) is 6.35. The highest BCUT2D eigenvalue weighted by Gasteiger charge is 2.14. The van der Waals surface area contributed by atoms with Crippen LogP contribution >= 0.6 is 11.8 Å². The first-order valence-corrected chi connectivity index (χ1v) is 5.04. The molecule has 1 fully saturated rings. The number of hydrogen-bond donors (Lipinski definition) is 1. The minimum absolute atomic E-state index is 0.148. The monoisotopic (exact) mass is 181 g/mol. The second-order valence-electron chi connectivity index (χ2n) is 2.71. The second-order valence-corrected chi connectivity index (χ2v) is 3.86. The van der Waals surface area contributed by atoms with Gasteiger partial charge >= 0.3 is 0 Å². The van der Waals surface area contributed by atoms with E-state index in [1.54, 1.807) is 0 Å². The summed E-state index contributed by atoms with van der Waals surface area (Å²) in [5, 5.41) is 2.85. The molecular weight excluding hydrogens is 168 g/mol. The third-order valence-corrected chi connectivity index (χ3v) is 2.94. The molecule has 0 saturated carbocycles. The average Bonchev–Trinajstić information content (AvgIpc) is 2.03. The molecule has 1 unspecified atom stereocenters. The molecule has 0 spiro atoms. The van der Waals surface area contributed by atoms with Gasteiger partial charge in [0.1, 0.15) is 0 Å². The molecule has 0 aromatic rings. The van der Waals surface area contributed by atoms with Gasteiger partial charge in [-0.15, -0.1) is 0 Å². The van der Waals surface area contributed by atoms with Crippen molar-refractivity contribution in [3.05, 3.63) is 0 Å². The Morgan fingerprint density at radius 1 is 1.55 bits per heavy atom. The van der Waals surface area contributed by atoms with Crippen molar-refractivity contribution in [2.45, 2.75) is 25.3 Å². The lowest BCUT2D eigenvalue weighted by Crippen LogP contribution is -2.36. The lowest BCUT2D eigenvalue weighted by atomic mass is 10.2. The predicted octanol–water partition coefficient (Wildman–Crippen LogP) is 1.74. The van der Waals surface area contributed by atoms with Crippen LogP contribution < -0.4 is 5.32 Å². The third-order valence-electron chi connectivity index (χ3n) is 1.72. The van der Waals surface area contributed by atoms with Gasteiger partial charge in [0.25, 0.3) is 6.43 Å². The lowest BCUT2D eigenvalue weighted by Gasteiger charge is -2.22. The van der Waals surface area contributed by atoms with E-state index in [9.17, 15) is 8.78 Å². The molecule has 1 N–H and O–H groups in total. The molecule has 66 valence electrons. The second kappa shape index (κ2) is 4.93. The Hall–Kier alpha value is 0.170. The zero-order chi connectivity index (χ0) is 8.10. The van der Waals surface area contributed by atoms with Crippen molar-refractivity contribution in [3.63, 3.8) is 0 Å². The van der Waals surface area contributed by atoms with Crippen LogP contribution in [0, 0.1) is 0 Å². The van der Waals surface area contributed by atoms with E-state index < -0.39 is 6.43 Å². The largest absolute Gasteiger partial charge is 0.308 e. The Morgan fingerprint density at radius 2 is 2.36 bits per heavy atom. The topological polar surface area (TPSA) is 12.0 Å². The molecule has 1 aliphatic heterocycles. The quantitative estimate of drug-likeness (QED) is 0.711. The van der Waals surface area contributed by atoms with E-state index in [-0.39, 0.29) is 6.54 Å². The molecule has 1 heterocycles. The molecule has 1 nitrogen and oxygen atoms in total. The first-order valence-electron chi connectivity index (χ1n) is 3.88. The molecule has 0 aromatic carbocycles. The summed E-state index contributed by atoms with van der Waals surface area (Å²) in [6, 6.07) is 0.322. The minimum atomic E-state index is -2.21. The van der Waals surface area contributed by atoms with E-state index in [1.807, 2.05) is 11.8 Å². The van der Waals surface area contributed by atoms with Gasteiger partial charge in [0.2, 0.25) is 0 Å². The minimum Gasteiger partial charge on any atom is -0.308 e. The van der Waals surface area contributed by atoms with Crippen molar-refractivity contribution in [2.75, 3.05) is 18.1 Å². The first kappa shape index (κ1) is 9.26. The van der Waals surface area contributed by atoms with E-state index in [4.69, 9.17) is 0 Å². The Morgan fingerprint density at radius 3 is 2.91 bits per heavy atom. The Kier molecular flexibility index (Phi) is 4.15. The maximum Gasteiger partial charge on any atom is 0.250 e. The van der Waals surface area contributed by atoms with Crippen LogP contribution in [-0.2, 0) is 0 Å². The number of thioether (sulfide) groups is 1. The molecule has 0 amide bonds. The average molecular weight is 181 g/mol. The van der Waals surface area contributed by atoms with Crippen LogP contribution in [0.2, 0.25) is 0 Å². The van der Waals surface area contributed by atoms with E-state index in [0.717, 1.165) is 18.6 Å². The molecule has 0 bridgehead atoms. The summed E-state index contributed by atoms with van der Waals surface area (Å²) in [6.07, 6.45) is 0.00703. The van der Waals surface area contributed by atoms with Crippen molar-refractivity contribution < 1.29 is 8.78 Å². The van der Waals surface area contributed by atoms with E-state index in [2.05, 4.69) is 5.32 Å². The van der Waals surface area contributed by atoms with Crippen LogP contribution in [0.15, 0.2) is 0 Å². The molecule has 0 aliphatic carbocycles. The normalized spacial score (nSPS) is 25.9. The van der Waals surface area contributed by atoms with Crippen LogP contribution in [0.25, 0.3) is 0 Å². The van der Waals surface area contributed by atoms with E-state index in [0.29, 0.717) is 6.04 Å². The van der Waals surface area contributed by atoms with Gasteiger partial charge in [0.05, 0.1) is 6.54 Å². The summed E-state index contributed by atoms with van der Waals surface area (Å²) >= 11 is 1.85. The molecular formula is C7H13F2NS. The summed E-state index contributed by atoms with van der Waals surface area (Å²) in [5.74, 6) is 2.18. The van der Waals surface area contributed by atoms with Gasteiger partial charge in [-0.1, -0.05) is 0 Å². The van der Waals surface area contributed by atoms with Gasteiger partial charge < -0.3 is 5.32 Å². The van der Waals surface area contributed by atoms with Gasteiger partial charge in [0.15, 0.2) is 0 Å². The smallest absolute Gasteiger partial charge is 0.250 e. The molecule has 1 saturated heterocycles. The van der Waals surface area contributed by atoms with Crippen molar-refractivity contribution in [1.29, 1.82) is 0 Å². The van der Waals surface area contributed by atoms with Gasteiger partial charge in [-0.3, -0.25) is 0 Å². The molecule has 1 atom stereocenters. The van der Waals surface area contributed by atoms with Crippen LogP contribution in [0.3, 0.4) is 0 Å². The fourth-order valence-corrected chi connectivity index (χ4v) is 2.26. The van der Waals surface area contributed by atoms with Crippen LogP contribution in [-0.4, -0.2) is 30.5 Å². The highest BCUT2D eigenvalue weighted by atomic mass is 32.2. The van der Waals surface area contributed by atoms with Crippen molar-refractivity contribution in [1.82, 2.24) is 5.32 Å². The van der Waals surface area contributed by atoms with Crippen molar-refractivity contribution in [2.24, 2.45) is 0 Å². The fraction of sp³-hybridized carbons (Fsp3) is 1.00. The van der Waals surface area contributed by atoms with Crippen LogP contribution in [0.1, 0.15) is 12.8 Å². The lowest BCUT2D eigenvalue weighted by molar-refractivity contribution is 0.141. The molecule has 0 aromatic heterocycles. The molecule has 4 heteroatoms. The number of alkyl halides is 2. The maximum atomic E-state index is 11.7. The van der Waals surface area contributed by atoms with Gasteiger partial charge in [-0.2, -0.15) is 11.8 Å². The number of nitrogens with one attached hydrogen (secondary N) is 1. The summed E-state index contributed by atoms with van der Waals surface area (Å²) in [5.41, 5.74) is 0. The Labute approximate surface area is 69.9 Å². The SMILES string of the molecule is FC(F)CNC1CCCSC1. The standard InChI is InChI=1S/C7H13F2NS/c8-7(9)4-10-6-2-1-3-11-5-6/h6-7,10H,1-5H2. The number of halogens is 2. The Balaban J connectivity index is 2.05. The van der Waals surface area contributed by atoms with Crippen molar-refractivity contribution in [3.8, 4) is 0 Å². The Bertz CT molecular complexity index is 105.